The molecule has 0 radical (unpaired) electrons. The Morgan fingerprint density at radius 2 is 1.95 bits per heavy atom. The summed E-state index contributed by atoms with van der Waals surface area (Å²) in [6.07, 6.45) is 7.02. The monoisotopic (exact) mass is 276 g/mol. The number of carbonyl (C=O) groups is 1. The number of carbonyl (C=O) groups excluding carboxylic acids is 1. The lowest BCUT2D eigenvalue weighted by Crippen LogP contribution is -2.30. The Labute approximate surface area is 120 Å². The van der Waals surface area contributed by atoms with Crippen LogP contribution in [-0.4, -0.2) is 5.78 Å². The van der Waals surface area contributed by atoms with Gasteiger partial charge in [-0.15, -0.1) is 11.3 Å². The molecule has 3 rings (SSSR count). The molecule has 1 nitrogen and oxygen atoms in total. The summed E-state index contributed by atoms with van der Waals surface area (Å²) in [4.78, 5) is 14.4. The van der Waals surface area contributed by atoms with Gasteiger partial charge in [0.1, 0.15) is 5.78 Å². The fourth-order valence-electron chi connectivity index (χ4n) is 4.25. The van der Waals surface area contributed by atoms with Crippen LogP contribution in [-0.2, 0) is 11.2 Å². The van der Waals surface area contributed by atoms with Crippen LogP contribution in [0.4, 0.5) is 0 Å². The first-order valence-electron chi connectivity index (χ1n) is 7.75. The van der Waals surface area contributed by atoms with Gasteiger partial charge in [-0.1, -0.05) is 13.8 Å². The number of hydrogen-bond acceptors (Lipinski definition) is 2. The standard InChI is InChI=1S/C17H24OS/c1-11-8-12(2)10-13(9-11)17(18)15-4-3-5-16-14(15)6-7-19-16/h6-7,11-13,15H,3-5,8-10H2,1-2H3. The van der Waals surface area contributed by atoms with Gasteiger partial charge in [0, 0.05) is 16.7 Å². The number of rotatable bonds is 2. The average Bonchev–Trinajstić information content (AvgIpc) is 2.84. The molecule has 19 heavy (non-hydrogen) atoms. The second-order valence-electron chi connectivity index (χ2n) is 6.76. The van der Waals surface area contributed by atoms with E-state index in [2.05, 4.69) is 25.3 Å². The van der Waals surface area contributed by atoms with Crippen molar-refractivity contribution in [2.24, 2.45) is 17.8 Å². The first-order chi connectivity index (χ1) is 9.15. The zero-order valence-electron chi connectivity index (χ0n) is 12.0. The van der Waals surface area contributed by atoms with Gasteiger partial charge in [0.15, 0.2) is 0 Å². The molecule has 3 atom stereocenters. The van der Waals surface area contributed by atoms with Gasteiger partial charge in [0.05, 0.1) is 0 Å². The highest BCUT2D eigenvalue weighted by Crippen LogP contribution is 2.41. The lowest BCUT2D eigenvalue weighted by molar-refractivity contribution is -0.126. The quantitative estimate of drug-likeness (QED) is 0.757. The van der Waals surface area contributed by atoms with Gasteiger partial charge >= 0.3 is 0 Å². The van der Waals surface area contributed by atoms with Gasteiger partial charge in [0.25, 0.3) is 0 Å². The maximum Gasteiger partial charge on any atom is 0.143 e. The molecule has 2 aliphatic rings. The van der Waals surface area contributed by atoms with Crippen molar-refractivity contribution in [3.05, 3.63) is 21.9 Å². The summed E-state index contributed by atoms with van der Waals surface area (Å²) >= 11 is 1.84. The molecule has 1 aromatic rings. The van der Waals surface area contributed by atoms with E-state index in [9.17, 15) is 4.79 Å². The predicted molar refractivity (Wildman–Crippen MR) is 80.7 cm³/mol. The Balaban J connectivity index is 1.78. The summed E-state index contributed by atoms with van der Waals surface area (Å²) < 4.78 is 0. The van der Waals surface area contributed by atoms with Crippen LogP contribution >= 0.6 is 11.3 Å². The minimum atomic E-state index is 0.220. The first-order valence-corrected chi connectivity index (χ1v) is 8.63. The van der Waals surface area contributed by atoms with Gasteiger partial charge < -0.3 is 0 Å². The molecule has 1 aromatic heterocycles. The van der Waals surface area contributed by atoms with Gasteiger partial charge in [-0.25, -0.2) is 0 Å². The van der Waals surface area contributed by atoms with E-state index >= 15 is 0 Å². The molecule has 1 heterocycles. The van der Waals surface area contributed by atoms with Crippen LogP contribution in [0.2, 0.25) is 0 Å². The smallest absolute Gasteiger partial charge is 0.143 e. The molecule has 104 valence electrons. The van der Waals surface area contributed by atoms with Gasteiger partial charge in [0.2, 0.25) is 0 Å². The molecular formula is C17H24OS. The Morgan fingerprint density at radius 3 is 2.68 bits per heavy atom. The van der Waals surface area contributed by atoms with Crippen molar-refractivity contribution in [3.63, 3.8) is 0 Å². The third-order valence-corrected chi connectivity index (χ3v) is 5.97. The van der Waals surface area contributed by atoms with E-state index in [1.165, 1.54) is 29.7 Å². The average molecular weight is 276 g/mol. The van der Waals surface area contributed by atoms with Crippen molar-refractivity contribution in [1.82, 2.24) is 0 Å². The van der Waals surface area contributed by atoms with Crippen molar-refractivity contribution < 1.29 is 4.79 Å². The Morgan fingerprint density at radius 1 is 1.21 bits per heavy atom. The number of aryl methyl sites for hydroxylation is 1. The van der Waals surface area contributed by atoms with Gasteiger partial charge in [-0.05, 0) is 67.4 Å². The molecule has 0 bridgehead atoms. The normalized spacial score (nSPS) is 34.8. The van der Waals surface area contributed by atoms with Crippen molar-refractivity contribution >= 4 is 17.1 Å². The highest BCUT2D eigenvalue weighted by atomic mass is 32.1. The lowest BCUT2D eigenvalue weighted by atomic mass is 9.70. The van der Waals surface area contributed by atoms with Crippen LogP contribution in [0.25, 0.3) is 0 Å². The molecule has 2 aliphatic carbocycles. The van der Waals surface area contributed by atoms with E-state index < -0.39 is 0 Å². The summed E-state index contributed by atoms with van der Waals surface area (Å²) in [5.74, 6) is 2.55. The summed E-state index contributed by atoms with van der Waals surface area (Å²) in [5.41, 5.74) is 1.37. The lowest BCUT2D eigenvalue weighted by Gasteiger charge is -2.33. The highest BCUT2D eigenvalue weighted by Gasteiger charge is 2.35. The molecule has 0 aliphatic heterocycles. The molecule has 0 N–H and O–H groups in total. The van der Waals surface area contributed by atoms with E-state index in [1.807, 2.05) is 11.3 Å². The zero-order chi connectivity index (χ0) is 13.4. The summed E-state index contributed by atoms with van der Waals surface area (Å²) in [6.45, 7) is 4.62. The van der Waals surface area contributed by atoms with E-state index in [0.29, 0.717) is 11.7 Å². The van der Waals surface area contributed by atoms with Crippen molar-refractivity contribution in [2.75, 3.05) is 0 Å². The second kappa shape index (κ2) is 5.40. The zero-order valence-corrected chi connectivity index (χ0v) is 12.8. The van der Waals surface area contributed by atoms with E-state index in [4.69, 9.17) is 0 Å². The Bertz CT molecular complexity index is 452. The number of fused-ring (bicyclic) bond motifs is 1. The third-order valence-electron chi connectivity index (χ3n) is 4.98. The van der Waals surface area contributed by atoms with Crippen LogP contribution < -0.4 is 0 Å². The maximum absolute atomic E-state index is 12.9. The van der Waals surface area contributed by atoms with E-state index in [-0.39, 0.29) is 5.92 Å². The molecule has 0 saturated heterocycles. The number of hydrogen-bond donors (Lipinski definition) is 0. The summed E-state index contributed by atoms with van der Waals surface area (Å²) in [5, 5.41) is 2.17. The minimum absolute atomic E-state index is 0.220. The minimum Gasteiger partial charge on any atom is -0.299 e. The Hall–Kier alpha value is -0.630. The summed E-state index contributed by atoms with van der Waals surface area (Å²) in [7, 11) is 0. The molecule has 1 saturated carbocycles. The number of Topliss-reactive ketones (excluding diaryl/α,β-unsaturated/α-hetero) is 1. The van der Waals surface area contributed by atoms with Crippen molar-refractivity contribution in [3.8, 4) is 0 Å². The highest BCUT2D eigenvalue weighted by molar-refractivity contribution is 7.10. The second-order valence-corrected chi connectivity index (χ2v) is 7.76. The van der Waals surface area contributed by atoms with Crippen LogP contribution in [0.1, 0.15) is 62.3 Å². The molecule has 0 spiro atoms. The fourth-order valence-corrected chi connectivity index (χ4v) is 5.23. The predicted octanol–water partition coefficient (Wildman–Crippen LogP) is 4.81. The van der Waals surface area contributed by atoms with Gasteiger partial charge in [-0.2, -0.15) is 0 Å². The van der Waals surface area contributed by atoms with Gasteiger partial charge in [-0.3, -0.25) is 4.79 Å². The molecular weight excluding hydrogens is 252 g/mol. The molecule has 3 unspecified atom stereocenters. The van der Waals surface area contributed by atoms with Crippen molar-refractivity contribution in [2.45, 2.75) is 58.3 Å². The van der Waals surface area contributed by atoms with E-state index in [0.717, 1.165) is 31.1 Å². The number of ketones is 1. The maximum atomic E-state index is 12.9. The first kappa shape index (κ1) is 13.4. The van der Waals surface area contributed by atoms with Crippen LogP contribution in [0.3, 0.4) is 0 Å². The third kappa shape index (κ3) is 2.65. The summed E-state index contributed by atoms with van der Waals surface area (Å²) in [6, 6.07) is 2.21. The topological polar surface area (TPSA) is 17.1 Å². The van der Waals surface area contributed by atoms with Crippen LogP contribution in [0.15, 0.2) is 11.4 Å². The SMILES string of the molecule is CC1CC(C)CC(C(=O)C2CCCc3sccc32)C1. The van der Waals surface area contributed by atoms with Crippen molar-refractivity contribution in [1.29, 1.82) is 0 Å². The fraction of sp³-hybridized carbons (Fsp3) is 0.706. The molecule has 2 heteroatoms. The van der Waals surface area contributed by atoms with Crippen LogP contribution in [0.5, 0.6) is 0 Å². The van der Waals surface area contributed by atoms with E-state index in [1.54, 1.807) is 0 Å². The van der Waals surface area contributed by atoms with Crippen LogP contribution in [0, 0.1) is 17.8 Å². The molecule has 0 amide bonds. The largest absolute Gasteiger partial charge is 0.299 e. The molecule has 1 fully saturated rings. The molecule has 0 aromatic carbocycles. The number of thiophene rings is 1. The Kier molecular flexibility index (Phi) is 3.79.